The second-order valence-corrected chi connectivity index (χ2v) is 7.07. The predicted octanol–water partition coefficient (Wildman–Crippen LogP) is 1.19. The smallest absolute Gasteiger partial charge is 0.329 e. The minimum atomic E-state index is -0.408. The van der Waals surface area contributed by atoms with Gasteiger partial charge in [-0.25, -0.2) is 4.79 Å². The number of rotatable bonds is 2. The van der Waals surface area contributed by atoms with Gasteiger partial charge in [0.2, 0.25) is 0 Å². The van der Waals surface area contributed by atoms with Gasteiger partial charge in [-0.05, 0) is 61.7 Å². The number of hydrogen-bond donors (Lipinski definition) is 2. The number of nitrogens with one attached hydrogen (secondary N) is 1. The summed E-state index contributed by atoms with van der Waals surface area (Å²) in [6.07, 6.45) is 6.75. The van der Waals surface area contributed by atoms with Gasteiger partial charge in [-0.15, -0.1) is 0 Å². The molecule has 0 saturated heterocycles. The van der Waals surface area contributed by atoms with Crippen molar-refractivity contribution in [3.63, 3.8) is 0 Å². The van der Waals surface area contributed by atoms with Gasteiger partial charge in [0.15, 0.2) is 0 Å². The molecular weight excluding hydrogens is 254 g/mol. The number of nitrogen functional groups attached to an aromatic ring is 1. The van der Waals surface area contributed by atoms with Crippen LogP contribution in [-0.4, -0.2) is 9.55 Å². The zero-order valence-electron chi connectivity index (χ0n) is 11.5. The molecule has 1 heterocycles. The number of hydrogen-bond acceptors (Lipinski definition) is 3. The van der Waals surface area contributed by atoms with Gasteiger partial charge in [0.1, 0.15) is 5.82 Å². The van der Waals surface area contributed by atoms with Crippen molar-refractivity contribution in [2.45, 2.75) is 38.6 Å². The van der Waals surface area contributed by atoms with Crippen molar-refractivity contribution in [2.24, 2.45) is 29.6 Å². The first-order valence-electron chi connectivity index (χ1n) is 7.70. The van der Waals surface area contributed by atoms with Gasteiger partial charge < -0.3 is 5.73 Å². The first kappa shape index (κ1) is 12.2. The number of anilines is 1. The van der Waals surface area contributed by atoms with Crippen molar-refractivity contribution in [3.8, 4) is 0 Å². The Kier molecular flexibility index (Phi) is 2.59. The fraction of sp³-hybridized carbons (Fsp3) is 0.733. The zero-order chi connectivity index (χ0) is 13.9. The van der Waals surface area contributed by atoms with Gasteiger partial charge in [-0.3, -0.25) is 14.3 Å². The summed E-state index contributed by atoms with van der Waals surface area (Å²) in [5.41, 5.74) is 5.10. The predicted molar refractivity (Wildman–Crippen MR) is 76.3 cm³/mol. The van der Waals surface area contributed by atoms with E-state index in [1.807, 2.05) is 0 Å². The van der Waals surface area contributed by atoms with E-state index in [9.17, 15) is 9.59 Å². The lowest BCUT2D eigenvalue weighted by Crippen LogP contribution is -2.47. The Morgan fingerprint density at radius 1 is 1.10 bits per heavy atom. The summed E-state index contributed by atoms with van der Waals surface area (Å²) >= 11 is 0. The van der Waals surface area contributed by atoms with Gasteiger partial charge >= 0.3 is 5.69 Å². The standard InChI is InChI=1S/C15H21N3O2/c16-13-6-14(19)17-15(20)18(13)7-12-10-2-8-1-9(4-10)5-11(12)3-8/h6,8-12H,1-5,7,16H2,(H,17,19,20). The van der Waals surface area contributed by atoms with Crippen LogP contribution in [-0.2, 0) is 6.54 Å². The van der Waals surface area contributed by atoms with Crippen molar-refractivity contribution in [1.29, 1.82) is 0 Å². The third kappa shape index (κ3) is 1.83. The summed E-state index contributed by atoms with van der Waals surface area (Å²) < 4.78 is 1.56. The highest BCUT2D eigenvalue weighted by atomic mass is 16.2. The molecule has 5 rings (SSSR count). The molecule has 108 valence electrons. The van der Waals surface area contributed by atoms with Crippen LogP contribution in [0.15, 0.2) is 15.7 Å². The Labute approximate surface area is 117 Å². The van der Waals surface area contributed by atoms with E-state index in [0.717, 1.165) is 23.7 Å². The van der Waals surface area contributed by atoms with Crippen LogP contribution in [0.2, 0.25) is 0 Å². The molecule has 3 N–H and O–H groups in total. The summed E-state index contributed by atoms with van der Waals surface area (Å²) in [5, 5.41) is 0. The maximum absolute atomic E-state index is 12.0. The Balaban J connectivity index is 1.64. The Morgan fingerprint density at radius 2 is 1.70 bits per heavy atom. The molecule has 4 fully saturated rings. The summed E-state index contributed by atoms with van der Waals surface area (Å²) in [7, 11) is 0. The van der Waals surface area contributed by atoms with Crippen LogP contribution in [0.1, 0.15) is 32.1 Å². The van der Waals surface area contributed by atoms with Crippen molar-refractivity contribution in [3.05, 3.63) is 26.9 Å². The Bertz CT molecular complexity index is 617. The SMILES string of the molecule is Nc1cc(=O)[nH]c(=O)n1CC1C2CC3CC(C2)CC1C3. The lowest BCUT2D eigenvalue weighted by atomic mass is 9.52. The van der Waals surface area contributed by atoms with E-state index in [0.29, 0.717) is 18.3 Å². The van der Waals surface area contributed by atoms with Crippen LogP contribution >= 0.6 is 0 Å². The topological polar surface area (TPSA) is 80.9 Å². The molecule has 1 aromatic heterocycles. The van der Waals surface area contributed by atoms with Crippen LogP contribution in [0.5, 0.6) is 0 Å². The minimum Gasteiger partial charge on any atom is -0.385 e. The summed E-state index contributed by atoms with van der Waals surface area (Å²) in [5.74, 6) is 4.23. The second kappa shape index (κ2) is 4.24. The molecule has 1 aromatic rings. The van der Waals surface area contributed by atoms with Crippen molar-refractivity contribution in [2.75, 3.05) is 5.73 Å². The molecule has 4 aliphatic carbocycles. The van der Waals surface area contributed by atoms with Crippen LogP contribution in [0.4, 0.5) is 5.82 Å². The van der Waals surface area contributed by atoms with E-state index in [1.54, 1.807) is 4.57 Å². The van der Waals surface area contributed by atoms with Gasteiger partial charge in [0.05, 0.1) is 0 Å². The van der Waals surface area contributed by atoms with Gasteiger partial charge in [0.25, 0.3) is 5.56 Å². The number of aromatic amines is 1. The minimum absolute atomic E-state index is 0.299. The molecule has 0 atom stereocenters. The van der Waals surface area contributed by atoms with Crippen LogP contribution in [0, 0.1) is 29.6 Å². The van der Waals surface area contributed by atoms with Crippen molar-refractivity contribution >= 4 is 5.82 Å². The highest BCUT2D eigenvalue weighted by Crippen LogP contribution is 2.56. The molecule has 0 radical (unpaired) electrons. The van der Waals surface area contributed by atoms with Gasteiger partial charge in [-0.1, -0.05) is 0 Å². The molecule has 5 heteroatoms. The number of nitrogens with two attached hydrogens (primary N) is 1. The van der Waals surface area contributed by atoms with E-state index < -0.39 is 5.56 Å². The largest absolute Gasteiger partial charge is 0.385 e. The summed E-state index contributed by atoms with van der Waals surface area (Å²) in [6.45, 7) is 0.677. The molecule has 0 aromatic carbocycles. The number of aromatic nitrogens is 2. The monoisotopic (exact) mass is 275 g/mol. The Hall–Kier alpha value is -1.52. The van der Waals surface area contributed by atoms with Gasteiger partial charge in [-0.2, -0.15) is 0 Å². The molecule has 0 aliphatic heterocycles. The lowest BCUT2D eigenvalue weighted by Gasteiger charge is -2.54. The average Bonchev–Trinajstić information content (AvgIpc) is 2.35. The molecule has 0 amide bonds. The maximum atomic E-state index is 12.0. The molecule has 4 saturated carbocycles. The fourth-order valence-electron chi connectivity index (χ4n) is 5.27. The highest BCUT2D eigenvalue weighted by Gasteiger charge is 2.48. The number of nitrogens with zero attached hydrogens (tertiary/aromatic N) is 1. The van der Waals surface area contributed by atoms with Crippen molar-refractivity contribution < 1.29 is 0 Å². The molecular formula is C15H21N3O2. The van der Waals surface area contributed by atoms with Crippen LogP contribution < -0.4 is 17.0 Å². The zero-order valence-corrected chi connectivity index (χ0v) is 11.5. The van der Waals surface area contributed by atoms with Crippen LogP contribution in [0.3, 0.4) is 0 Å². The van der Waals surface area contributed by atoms with E-state index in [1.165, 1.54) is 38.2 Å². The number of H-pyrrole nitrogens is 1. The summed E-state index contributed by atoms with van der Waals surface area (Å²) in [4.78, 5) is 25.5. The first-order chi connectivity index (χ1) is 9.60. The van der Waals surface area contributed by atoms with Crippen LogP contribution in [0.25, 0.3) is 0 Å². The molecule has 0 unspecified atom stereocenters. The Morgan fingerprint density at radius 3 is 2.25 bits per heavy atom. The fourth-order valence-corrected chi connectivity index (χ4v) is 5.27. The molecule has 20 heavy (non-hydrogen) atoms. The lowest BCUT2D eigenvalue weighted by molar-refractivity contribution is -0.0432. The third-order valence-corrected chi connectivity index (χ3v) is 5.88. The normalized spacial score (nSPS) is 38.3. The highest BCUT2D eigenvalue weighted by molar-refractivity contribution is 5.26. The van der Waals surface area contributed by atoms with Crippen molar-refractivity contribution in [1.82, 2.24) is 9.55 Å². The second-order valence-electron chi connectivity index (χ2n) is 7.07. The van der Waals surface area contributed by atoms with E-state index >= 15 is 0 Å². The van der Waals surface area contributed by atoms with E-state index in [-0.39, 0.29) is 5.69 Å². The van der Waals surface area contributed by atoms with E-state index in [2.05, 4.69) is 4.98 Å². The molecule has 4 bridgehead atoms. The summed E-state index contributed by atoms with van der Waals surface area (Å²) in [6, 6.07) is 1.32. The first-order valence-corrected chi connectivity index (χ1v) is 7.70. The molecule has 5 nitrogen and oxygen atoms in total. The molecule has 4 aliphatic rings. The quantitative estimate of drug-likeness (QED) is 0.850. The average molecular weight is 275 g/mol. The molecule has 0 spiro atoms. The third-order valence-electron chi connectivity index (χ3n) is 5.88. The maximum Gasteiger partial charge on any atom is 0.329 e. The van der Waals surface area contributed by atoms with E-state index in [4.69, 9.17) is 5.73 Å². The van der Waals surface area contributed by atoms with Gasteiger partial charge in [0, 0.05) is 12.6 Å².